The van der Waals surface area contributed by atoms with E-state index in [9.17, 15) is 0 Å². The van der Waals surface area contributed by atoms with Gasteiger partial charge in [0.05, 0.1) is 0 Å². The molecule has 0 aliphatic rings. The number of benzene rings is 1. The van der Waals surface area contributed by atoms with Crippen molar-refractivity contribution in [2.24, 2.45) is 0 Å². The van der Waals surface area contributed by atoms with E-state index in [1.165, 1.54) is 0 Å². The summed E-state index contributed by atoms with van der Waals surface area (Å²) in [6, 6.07) is 10.1. The Kier molecular flexibility index (Phi) is 25.1. The summed E-state index contributed by atoms with van der Waals surface area (Å²) in [7, 11) is 0. The molecule has 1 aromatic rings. The highest BCUT2D eigenvalue weighted by Crippen LogP contribution is 2.17. The van der Waals surface area contributed by atoms with Crippen LogP contribution in [-0.4, -0.2) is 0 Å². The van der Waals surface area contributed by atoms with Crippen molar-refractivity contribution in [3.63, 3.8) is 0 Å². The Morgan fingerprint density at radius 1 is 1.04 bits per heavy atom. The predicted octanol–water partition coefficient (Wildman–Crippen LogP) is 7.48. The van der Waals surface area contributed by atoms with Gasteiger partial charge in [-0.05, 0) is 30.9 Å². The van der Waals surface area contributed by atoms with Crippen LogP contribution in [0.4, 0.5) is 0 Å². The maximum Gasteiger partial charge on any atom is 0.115 e. The minimum atomic E-state index is 0.575. The van der Waals surface area contributed by atoms with E-state index < -0.39 is 0 Å². The normalized spacial score (nSPS) is 8.83. The van der Waals surface area contributed by atoms with E-state index in [1.54, 1.807) is 0 Å². The Morgan fingerprint density at radius 3 is 2.00 bits per heavy atom. The lowest BCUT2D eigenvalue weighted by Crippen LogP contribution is -1.96. The summed E-state index contributed by atoms with van der Waals surface area (Å²) in [6.07, 6.45) is 5.85. The number of hydrogen-bond acceptors (Lipinski definition) is 1. The van der Waals surface area contributed by atoms with Gasteiger partial charge in [-0.2, -0.15) is 0 Å². The van der Waals surface area contributed by atoms with Crippen LogP contribution < -0.4 is 0 Å². The molecule has 1 rings (SSSR count). The zero-order valence-corrected chi connectivity index (χ0v) is 15.9. The molecule has 0 radical (unpaired) electrons. The molecule has 0 aliphatic carbocycles. The molecule has 0 aliphatic heterocycles. The van der Waals surface area contributed by atoms with Gasteiger partial charge < -0.3 is 4.74 Å². The summed E-state index contributed by atoms with van der Waals surface area (Å²) >= 11 is 0. The third-order valence-electron chi connectivity index (χ3n) is 2.58. The maximum atomic E-state index is 5.68. The van der Waals surface area contributed by atoms with Crippen molar-refractivity contribution >= 4 is 0 Å². The van der Waals surface area contributed by atoms with Gasteiger partial charge in [-0.1, -0.05) is 76.8 Å². The summed E-state index contributed by atoms with van der Waals surface area (Å²) in [5.41, 5.74) is 2.31. The molecular formula is C22H36O. The van der Waals surface area contributed by atoms with Crippen molar-refractivity contribution in [2.45, 2.75) is 54.1 Å². The lowest BCUT2D eigenvalue weighted by Gasteiger charge is -2.12. The molecule has 0 N–H and O–H groups in total. The van der Waals surface area contributed by atoms with Gasteiger partial charge in [0.2, 0.25) is 0 Å². The van der Waals surface area contributed by atoms with Crippen molar-refractivity contribution < 1.29 is 4.74 Å². The monoisotopic (exact) mass is 316 g/mol. The summed E-state index contributed by atoms with van der Waals surface area (Å²) < 4.78 is 5.68. The molecule has 1 heteroatoms. The molecule has 0 amide bonds. The zero-order valence-electron chi connectivity index (χ0n) is 15.9. The van der Waals surface area contributed by atoms with Crippen LogP contribution in [0.25, 0.3) is 0 Å². The minimum absolute atomic E-state index is 0.575. The fourth-order valence-corrected chi connectivity index (χ4v) is 1.54. The molecule has 0 spiro atoms. The van der Waals surface area contributed by atoms with E-state index in [1.807, 2.05) is 71.0 Å². The van der Waals surface area contributed by atoms with Gasteiger partial charge in [0.15, 0.2) is 0 Å². The molecule has 0 saturated carbocycles. The highest BCUT2D eigenvalue weighted by Gasteiger charge is 2.02. The smallest absolute Gasteiger partial charge is 0.115 e. The molecule has 0 aromatic heterocycles. The second-order valence-electron chi connectivity index (χ2n) is 3.84. The molecule has 0 heterocycles. The Hall–Kier alpha value is -2.02. The topological polar surface area (TPSA) is 9.23 Å². The average molecular weight is 317 g/mol. The van der Waals surface area contributed by atoms with Gasteiger partial charge in [-0.25, -0.2) is 0 Å². The van der Waals surface area contributed by atoms with Gasteiger partial charge in [0, 0.05) is 0 Å². The van der Waals surface area contributed by atoms with Crippen LogP contribution in [-0.2, 0) is 11.3 Å². The molecule has 0 unspecified atom stereocenters. The number of rotatable bonds is 7. The summed E-state index contributed by atoms with van der Waals surface area (Å²) in [5.74, 6) is 0.762. The first-order valence-electron chi connectivity index (χ1n) is 8.40. The highest BCUT2D eigenvalue weighted by atomic mass is 16.5. The van der Waals surface area contributed by atoms with E-state index in [-0.39, 0.29) is 0 Å². The lowest BCUT2D eigenvalue weighted by molar-refractivity contribution is 0.206. The molecule has 0 fully saturated rings. The number of hydrogen-bond donors (Lipinski definition) is 0. The first-order valence-corrected chi connectivity index (χ1v) is 8.40. The summed E-state index contributed by atoms with van der Waals surface area (Å²) in [4.78, 5) is 0. The quantitative estimate of drug-likeness (QED) is 0.288. The highest BCUT2D eigenvalue weighted by molar-refractivity contribution is 5.23. The minimum Gasteiger partial charge on any atom is -0.489 e. The van der Waals surface area contributed by atoms with Gasteiger partial charge in [-0.15, -0.1) is 19.7 Å². The zero-order chi connectivity index (χ0) is 18.5. The standard InChI is InChI=1S/C16H20O.2C2H6.C2H4/c1-4-6-12-16(5-2)14(3)17-13-15-10-8-7-9-11-15;3*1-2/h4-5,7-11H,1,3,6,12-13H2,2H3;2*1-2H3;1-2H2/b16-5-;;;. The van der Waals surface area contributed by atoms with Gasteiger partial charge >= 0.3 is 0 Å². The van der Waals surface area contributed by atoms with Gasteiger partial charge in [-0.3, -0.25) is 0 Å². The Morgan fingerprint density at radius 2 is 1.57 bits per heavy atom. The van der Waals surface area contributed by atoms with E-state index >= 15 is 0 Å². The van der Waals surface area contributed by atoms with Crippen LogP contribution in [0.1, 0.15) is 53.0 Å². The van der Waals surface area contributed by atoms with Crippen molar-refractivity contribution in [3.05, 3.63) is 85.7 Å². The Labute approximate surface area is 145 Å². The Balaban J connectivity index is -0.000000595. The summed E-state index contributed by atoms with van der Waals surface area (Å²) in [6.45, 7) is 24.3. The van der Waals surface area contributed by atoms with Crippen LogP contribution in [0.3, 0.4) is 0 Å². The van der Waals surface area contributed by atoms with Crippen molar-refractivity contribution in [3.8, 4) is 0 Å². The van der Waals surface area contributed by atoms with E-state index in [4.69, 9.17) is 4.74 Å². The van der Waals surface area contributed by atoms with Crippen molar-refractivity contribution in [1.29, 1.82) is 0 Å². The Bertz CT molecular complexity index is 401. The van der Waals surface area contributed by atoms with Crippen molar-refractivity contribution in [1.82, 2.24) is 0 Å². The summed E-state index contributed by atoms with van der Waals surface area (Å²) in [5, 5.41) is 0. The van der Waals surface area contributed by atoms with Crippen LogP contribution in [0.5, 0.6) is 0 Å². The number of ether oxygens (including phenoxy) is 1. The second-order valence-corrected chi connectivity index (χ2v) is 3.84. The fraction of sp³-hybridized carbons (Fsp3) is 0.364. The largest absolute Gasteiger partial charge is 0.489 e. The fourth-order valence-electron chi connectivity index (χ4n) is 1.54. The third-order valence-corrected chi connectivity index (χ3v) is 2.58. The molecule has 130 valence electrons. The van der Waals surface area contributed by atoms with Crippen LogP contribution in [0, 0.1) is 0 Å². The molecule has 0 bridgehead atoms. The average Bonchev–Trinajstić information content (AvgIpc) is 2.66. The molecule has 1 aromatic carbocycles. The first-order chi connectivity index (χ1) is 11.3. The lowest BCUT2D eigenvalue weighted by atomic mass is 10.1. The van der Waals surface area contributed by atoms with Gasteiger partial charge in [0.25, 0.3) is 0 Å². The van der Waals surface area contributed by atoms with E-state index in [0.717, 1.165) is 29.7 Å². The molecule has 0 saturated heterocycles. The van der Waals surface area contributed by atoms with E-state index in [0.29, 0.717) is 6.61 Å². The maximum absolute atomic E-state index is 5.68. The predicted molar refractivity (Wildman–Crippen MR) is 108 cm³/mol. The molecule has 1 nitrogen and oxygen atoms in total. The molecule has 0 atom stereocenters. The SMILES string of the molecule is C=C.C=CCC/C(=C/C)C(=C)OCc1ccccc1.CC.CC. The molecule has 23 heavy (non-hydrogen) atoms. The second kappa shape index (κ2) is 22.3. The van der Waals surface area contributed by atoms with Crippen LogP contribution in [0.15, 0.2) is 80.1 Å². The van der Waals surface area contributed by atoms with Gasteiger partial charge in [0.1, 0.15) is 12.4 Å². The third kappa shape index (κ3) is 14.7. The van der Waals surface area contributed by atoms with E-state index in [2.05, 4.69) is 32.4 Å². The van der Waals surface area contributed by atoms with Crippen LogP contribution >= 0.6 is 0 Å². The molecular weight excluding hydrogens is 280 g/mol. The van der Waals surface area contributed by atoms with Crippen LogP contribution in [0.2, 0.25) is 0 Å². The first kappa shape index (κ1) is 25.9. The van der Waals surface area contributed by atoms with Crippen molar-refractivity contribution in [2.75, 3.05) is 0 Å². The number of allylic oxidation sites excluding steroid dienone is 3.